The maximum absolute atomic E-state index is 13.5. The lowest BCUT2D eigenvalue weighted by molar-refractivity contribution is -0.140. The molecule has 0 aromatic heterocycles. The maximum Gasteiger partial charge on any atom is 0.295 e. The molecule has 7 nitrogen and oxygen atoms in total. The van der Waals surface area contributed by atoms with Gasteiger partial charge < -0.3 is 24.7 Å². The lowest BCUT2D eigenvalue weighted by atomic mass is 9.95. The van der Waals surface area contributed by atoms with Crippen LogP contribution in [0.25, 0.3) is 5.76 Å². The molecule has 1 fully saturated rings. The smallest absolute Gasteiger partial charge is 0.295 e. The molecule has 0 radical (unpaired) electrons. The number of unbranched alkanes of at least 4 members (excludes halogenated alkanes) is 2. The van der Waals surface area contributed by atoms with E-state index in [1.807, 2.05) is 0 Å². The van der Waals surface area contributed by atoms with Crippen LogP contribution in [0, 0.1) is 5.82 Å². The number of phenols is 1. The minimum absolute atomic E-state index is 0.0711. The van der Waals surface area contributed by atoms with Crippen LogP contribution in [-0.4, -0.2) is 65.0 Å². The molecule has 2 N–H and O–H groups in total. The number of carbonyl (C=O) groups is 2. The molecule has 0 unspecified atom stereocenters. The van der Waals surface area contributed by atoms with E-state index in [4.69, 9.17) is 4.74 Å². The first-order chi connectivity index (χ1) is 17.8. The van der Waals surface area contributed by atoms with Crippen LogP contribution < -0.4 is 4.74 Å². The second-order valence-corrected chi connectivity index (χ2v) is 9.33. The number of aliphatic hydroxyl groups is 1. The van der Waals surface area contributed by atoms with Gasteiger partial charge in [-0.25, -0.2) is 4.39 Å². The molecule has 1 atom stereocenters. The monoisotopic (exact) mass is 512 g/mol. The Morgan fingerprint density at radius 3 is 2.22 bits per heavy atom. The Morgan fingerprint density at radius 1 is 1.00 bits per heavy atom. The summed E-state index contributed by atoms with van der Waals surface area (Å²) in [6, 6.07) is 8.83. The Morgan fingerprint density at radius 2 is 1.62 bits per heavy atom. The fourth-order valence-corrected chi connectivity index (χ4v) is 4.65. The maximum atomic E-state index is 13.5. The Kier molecular flexibility index (Phi) is 10.1. The number of carbonyl (C=O) groups excluding carboxylic acids is 2. The zero-order chi connectivity index (χ0) is 26.9. The van der Waals surface area contributed by atoms with Gasteiger partial charge in [0.25, 0.3) is 11.7 Å². The number of aliphatic hydroxyl groups excluding tert-OH is 1. The Hall–Kier alpha value is -3.39. The number of halogens is 1. The first-order valence-corrected chi connectivity index (χ1v) is 13.0. The first-order valence-electron chi connectivity index (χ1n) is 13.0. The van der Waals surface area contributed by atoms with Gasteiger partial charge in [-0.1, -0.05) is 32.8 Å². The van der Waals surface area contributed by atoms with Crippen molar-refractivity contribution in [2.45, 2.75) is 52.0 Å². The van der Waals surface area contributed by atoms with Crippen molar-refractivity contribution in [3.63, 3.8) is 0 Å². The second-order valence-electron chi connectivity index (χ2n) is 9.33. The zero-order valence-corrected chi connectivity index (χ0v) is 21.9. The van der Waals surface area contributed by atoms with E-state index in [1.54, 1.807) is 12.1 Å². The fraction of sp³-hybridized carbons (Fsp3) is 0.448. The van der Waals surface area contributed by atoms with Gasteiger partial charge in [0.05, 0.1) is 18.7 Å². The number of hydrogen-bond acceptors (Lipinski definition) is 6. The standard InChI is InChI=1S/C29H37FN2O5/c1-4-6-15-31(16-7-5-2)17-8-18-32-26(21-11-14-23(33)24(19-21)37-3)25(28(35)29(32)36)27(34)20-9-12-22(30)13-10-20/h9-14,19,26,33-34H,4-8,15-18H2,1-3H3/t26-/m0/s1. The molecule has 37 heavy (non-hydrogen) atoms. The molecule has 0 saturated carbocycles. The molecule has 8 heteroatoms. The van der Waals surface area contributed by atoms with E-state index in [2.05, 4.69) is 18.7 Å². The lowest BCUT2D eigenvalue weighted by Crippen LogP contribution is -2.34. The van der Waals surface area contributed by atoms with Gasteiger partial charge in [0.1, 0.15) is 11.6 Å². The van der Waals surface area contributed by atoms with Crippen LogP contribution in [0.15, 0.2) is 48.0 Å². The summed E-state index contributed by atoms with van der Waals surface area (Å²) in [6.07, 6.45) is 5.05. The third-order valence-electron chi connectivity index (χ3n) is 6.71. The summed E-state index contributed by atoms with van der Waals surface area (Å²) >= 11 is 0. The Balaban J connectivity index is 1.96. The van der Waals surface area contributed by atoms with Crippen LogP contribution in [0.4, 0.5) is 4.39 Å². The number of phenolic OH excluding ortho intramolecular Hbond substituents is 1. The molecule has 2 aromatic rings. The molecular formula is C29H37FN2O5. The molecule has 1 amide bonds. The second kappa shape index (κ2) is 13.2. The van der Waals surface area contributed by atoms with Crippen LogP contribution in [0.2, 0.25) is 0 Å². The third kappa shape index (κ3) is 6.68. The van der Waals surface area contributed by atoms with Crippen molar-refractivity contribution in [1.29, 1.82) is 0 Å². The van der Waals surface area contributed by atoms with Crippen molar-refractivity contribution >= 4 is 17.4 Å². The summed E-state index contributed by atoms with van der Waals surface area (Å²) in [7, 11) is 1.41. The number of aromatic hydroxyl groups is 1. The van der Waals surface area contributed by atoms with E-state index in [0.29, 0.717) is 18.5 Å². The third-order valence-corrected chi connectivity index (χ3v) is 6.71. The van der Waals surface area contributed by atoms with Gasteiger partial charge in [0, 0.05) is 12.1 Å². The minimum atomic E-state index is -0.876. The molecule has 2 aromatic carbocycles. The Labute approximate surface area is 218 Å². The van der Waals surface area contributed by atoms with E-state index < -0.39 is 23.5 Å². The van der Waals surface area contributed by atoms with Crippen LogP contribution in [0.5, 0.6) is 11.5 Å². The number of amides is 1. The summed E-state index contributed by atoms with van der Waals surface area (Å²) in [5, 5.41) is 21.2. The number of likely N-dealkylation sites (tertiary alicyclic amines) is 1. The average Bonchev–Trinajstić information content (AvgIpc) is 3.15. The van der Waals surface area contributed by atoms with Crippen molar-refractivity contribution in [1.82, 2.24) is 9.80 Å². The number of ether oxygens (including phenoxy) is 1. The molecular weight excluding hydrogens is 475 g/mol. The number of ketones is 1. The number of methoxy groups -OCH3 is 1. The van der Waals surface area contributed by atoms with Gasteiger partial charge in [-0.3, -0.25) is 9.59 Å². The van der Waals surface area contributed by atoms with Crippen molar-refractivity contribution in [3.8, 4) is 11.5 Å². The van der Waals surface area contributed by atoms with Crippen molar-refractivity contribution in [2.75, 3.05) is 33.3 Å². The molecule has 200 valence electrons. The average molecular weight is 513 g/mol. The molecule has 1 saturated heterocycles. The highest BCUT2D eigenvalue weighted by molar-refractivity contribution is 6.46. The molecule has 1 aliphatic rings. The highest BCUT2D eigenvalue weighted by Crippen LogP contribution is 2.41. The van der Waals surface area contributed by atoms with Crippen LogP contribution >= 0.6 is 0 Å². The van der Waals surface area contributed by atoms with E-state index in [0.717, 1.165) is 45.3 Å². The predicted molar refractivity (Wildman–Crippen MR) is 141 cm³/mol. The summed E-state index contributed by atoms with van der Waals surface area (Å²) in [4.78, 5) is 30.3. The quantitative estimate of drug-likeness (QED) is 0.216. The zero-order valence-electron chi connectivity index (χ0n) is 21.9. The summed E-state index contributed by atoms with van der Waals surface area (Å²) in [5.74, 6) is -2.24. The first kappa shape index (κ1) is 28.2. The topological polar surface area (TPSA) is 90.3 Å². The SMILES string of the molecule is CCCCN(CCCC)CCCN1C(=O)C(=O)C(=C(O)c2ccc(F)cc2)[C@@H]1c1ccc(O)c(OC)c1. The molecule has 0 bridgehead atoms. The number of rotatable bonds is 13. The van der Waals surface area contributed by atoms with Gasteiger partial charge >= 0.3 is 0 Å². The molecule has 3 rings (SSSR count). The number of benzene rings is 2. The van der Waals surface area contributed by atoms with Gasteiger partial charge in [0.15, 0.2) is 11.5 Å². The minimum Gasteiger partial charge on any atom is -0.507 e. The van der Waals surface area contributed by atoms with Crippen LogP contribution in [0.1, 0.15) is 63.1 Å². The van der Waals surface area contributed by atoms with Gasteiger partial charge in [-0.15, -0.1) is 0 Å². The van der Waals surface area contributed by atoms with Gasteiger partial charge in [0.2, 0.25) is 0 Å². The molecule has 0 aliphatic carbocycles. The van der Waals surface area contributed by atoms with E-state index in [1.165, 1.54) is 42.3 Å². The molecule has 1 heterocycles. The number of hydrogen-bond donors (Lipinski definition) is 2. The largest absolute Gasteiger partial charge is 0.507 e. The van der Waals surface area contributed by atoms with Crippen LogP contribution in [0.3, 0.4) is 0 Å². The summed E-state index contributed by atoms with van der Waals surface area (Å²) in [5.41, 5.74) is 0.685. The normalized spacial score (nSPS) is 17.1. The Bertz CT molecular complexity index is 1110. The van der Waals surface area contributed by atoms with Crippen molar-refractivity contribution in [2.24, 2.45) is 0 Å². The van der Waals surface area contributed by atoms with E-state index in [9.17, 15) is 24.2 Å². The van der Waals surface area contributed by atoms with E-state index >= 15 is 0 Å². The number of Topliss-reactive ketones (excluding diaryl/α,β-unsaturated/α-hetero) is 1. The van der Waals surface area contributed by atoms with Crippen molar-refractivity contribution in [3.05, 3.63) is 65.0 Å². The van der Waals surface area contributed by atoms with Crippen molar-refractivity contribution < 1.29 is 28.9 Å². The predicted octanol–water partition coefficient (Wildman–Crippen LogP) is 5.25. The highest BCUT2D eigenvalue weighted by atomic mass is 19.1. The molecule has 0 spiro atoms. The van der Waals surface area contributed by atoms with Gasteiger partial charge in [-0.05, 0) is 80.9 Å². The number of nitrogens with zero attached hydrogens (tertiary/aromatic N) is 2. The van der Waals surface area contributed by atoms with Crippen LogP contribution in [-0.2, 0) is 9.59 Å². The highest BCUT2D eigenvalue weighted by Gasteiger charge is 2.46. The summed E-state index contributed by atoms with van der Waals surface area (Å²) in [6.45, 7) is 7.38. The lowest BCUT2D eigenvalue weighted by Gasteiger charge is -2.27. The summed E-state index contributed by atoms with van der Waals surface area (Å²) < 4.78 is 18.7. The molecule has 1 aliphatic heterocycles. The van der Waals surface area contributed by atoms with Gasteiger partial charge in [-0.2, -0.15) is 0 Å². The van der Waals surface area contributed by atoms with E-state index in [-0.39, 0.29) is 28.4 Å². The fourth-order valence-electron chi connectivity index (χ4n) is 4.65.